The van der Waals surface area contributed by atoms with Gasteiger partial charge >= 0.3 is 11.9 Å². The fraction of sp³-hybridized carbons (Fsp3) is 0.882. The molecule has 0 aromatic carbocycles. The van der Waals surface area contributed by atoms with Crippen LogP contribution in [0, 0.1) is 5.92 Å². The highest BCUT2D eigenvalue weighted by Gasteiger charge is 2.65. The van der Waals surface area contributed by atoms with E-state index in [1.54, 1.807) is 6.92 Å². The van der Waals surface area contributed by atoms with E-state index in [0.717, 1.165) is 25.7 Å². The smallest absolute Gasteiger partial charge is 0.350 e. The second-order valence-corrected chi connectivity index (χ2v) is 7.21. The summed E-state index contributed by atoms with van der Waals surface area (Å²) in [7, 11) is 0. The standard InChI is InChI=1S/C17H24O7/c1-3-9(2)14(18)21-12-10-11(20-15(12)19)13-16(22-10)24-17(23-13)7-5-4-6-8-17/h9-13,16H,3-8H2,1-2H3. The number of fused-ring (bicyclic) bond motifs is 3. The number of rotatable bonds is 3. The van der Waals surface area contributed by atoms with Gasteiger partial charge in [-0.15, -0.1) is 0 Å². The monoisotopic (exact) mass is 340 g/mol. The SMILES string of the molecule is CCC(C)C(=O)OC1C(=O)OC2C3OC4(CCCCC4)OC3OC12. The van der Waals surface area contributed by atoms with Gasteiger partial charge in [-0.25, -0.2) is 4.79 Å². The van der Waals surface area contributed by atoms with Crippen LogP contribution in [0.1, 0.15) is 52.4 Å². The van der Waals surface area contributed by atoms with E-state index < -0.39 is 48.4 Å². The van der Waals surface area contributed by atoms with Gasteiger partial charge in [-0.2, -0.15) is 0 Å². The lowest BCUT2D eigenvalue weighted by Gasteiger charge is -2.33. The molecule has 3 aliphatic heterocycles. The van der Waals surface area contributed by atoms with Gasteiger partial charge in [-0.1, -0.05) is 20.3 Å². The van der Waals surface area contributed by atoms with Crippen molar-refractivity contribution in [2.45, 2.75) is 88.9 Å². The Morgan fingerprint density at radius 2 is 1.96 bits per heavy atom. The Labute approximate surface area is 140 Å². The zero-order valence-corrected chi connectivity index (χ0v) is 14.1. The van der Waals surface area contributed by atoms with Gasteiger partial charge in [0.05, 0.1) is 5.92 Å². The molecule has 0 radical (unpaired) electrons. The molecular weight excluding hydrogens is 316 g/mol. The zero-order valence-electron chi connectivity index (χ0n) is 14.1. The molecule has 0 N–H and O–H groups in total. The van der Waals surface area contributed by atoms with E-state index >= 15 is 0 Å². The van der Waals surface area contributed by atoms with E-state index in [2.05, 4.69) is 0 Å². The minimum absolute atomic E-state index is 0.268. The van der Waals surface area contributed by atoms with Crippen molar-refractivity contribution < 1.29 is 33.3 Å². The largest absolute Gasteiger partial charge is 0.454 e. The first-order valence-corrected chi connectivity index (χ1v) is 8.95. The lowest BCUT2D eigenvalue weighted by Crippen LogP contribution is -2.40. The summed E-state index contributed by atoms with van der Waals surface area (Å²) in [6.45, 7) is 3.66. The van der Waals surface area contributed by atoms with E-state index in [-0.39, 0.29) is 5.92 Å². The predicted molar refractivity (Wildman–Crippen MR) is 79.7 cm³/mol. The molecule has 0 amide bonds. The quantitative estimate of drug-likeness (QED) is 0.723. The molecule has 4 aliphatic rings. The molecule has 0 aromatic rings. The molecule has 3 saturated heterocycles. The second kappa shape index (κ2) is 5.97. The lowest BCUT2D eigenvalue weighted by molar-refractivity contribution is -0.246. The van der Waals surface area contributed by atoms with Crippen molar-refractivity contribution in [1.29, 1.82) is 0 Å². The van der Waals surface area contributed by atoms with E-state index in [4.69, 9.17) is 23.7 Å². The van der Waals surface area contributed by atoms with Crippen LogP contribution in [0.2, 0.25) is 0 Å². The van der Waals surface area contributed by atoms with Crippen molar-refractivity contribution in [3.63, 3.8) is 0 Å². The first-order chi connectivity index (χ1) is 11.5. The third-order valence-electron chi connectivity index (χ3n) is 5.55. The highest BCUT2D eigenvalue weighted by Crippen LogP contribution is 2.48. The van der Waals surface area contributed by atoms with Crippen LogP contribution in [-0.4, -0.2) is 48.4 Å². The number of carbonyl (C=O) groups is 2. The average molecular weight is 340 g/mol. The number of ether oxygens (including phenoxy) is 5. The molecule has 0 bridgehead atoms. The topological polar surface area (TPSA) is 80.3 Å². The molecule has 0 aromatic heterocycles. The maximum Gasteiger partial charge on any atom is 0.350 e. The summed E-state index contributed by atoms with van der Waals surface area (Å²) in [5.41, 5.74) is 0. The van der Waals surface area contributed by atoms with Crippen molar-refractivity contribution in [1.82, 2.24) is 0 Å². The third kappa shape index (κ3) is 2.53. The van der Waals surface area contributed by atoms with Gasteiger partial charge in [0.1, 0.15) is 6.10 Å². The summed E-state index contributed by atoms with van der Waals surface area (Å²) < 4.78 is 28.8. The van der Waals surface area contributed by atoms with Gasteiger partial charge in [0, 0.05) is 12.8 Å². The van der Waals surface area contributed by atoms with Crippen LogP contribution < -0.4 is 0 Å². The molecule has 3 heterocycles. The van der Waals surface area contributed by atoms with Gasteiger partial charge in [-0.3, -0.25) is 4.79 Å². The second-order valence-electron chi connectivity index (χ2n) is 7.21. The van der Waals surface area contributed by atoms with Gasteiger partial charge in [-0.05, 0) is 19.3 Å². The minimum atomic E-state index is -1.03. The summed E-state index contributed by atoms with van der Waals surface area (Å²) in [5, 5.41) is 0. The molecule has 4 rings (SSSR count). The third-order valence-corrected chi connectivity index (χ3v) is 5.55. The summed E-state index contributed by atoms with van der Waals surface area (Å²) in [5.74, 6) is -1.84. The zero-order chi connectivity index (χ0) is 16.9. The van der Waals surface area contributed by atoms with E-state index in [1.165, 1.54) is 6.42 Å². The van der Waals surface area contributed by atoms with Gasteiger partial charge < -0.3 is 23.7 Å². The van der Waals surface area contributed by atoms with Crippen LogP contribution in [0.4, 0.5) is 0 Å². The van der Waals surface area contributed by atoms with Gasteiger partial charge in [0.2, 0.25) is 6.10 Å². The predicted octanol–water partition coefficient (Wildman–Crippen LogP) is 1.67. The lowest BCUT2D eigenvalue weighted by atomic mass is 9.94. The average Bonchev–Trinajstić information content (AvgIpc) is 3.17. The molecule has 1 spiro atoms. The van der Waals surface area contributed by atoms with Crippen LogP contribution in [-0.2, 0) is 33.3 Å². The Morgan fingerprint density at radius 1 is 1.21 bits per heavy atom. The summed E-state index contributed by atoms with van der Waals surface area (Å²) in [6.07, 6.45) is 2.36. The van der Waals surface area contributed by atoms with Crippen LogP contribution >= 0.6 is 0 Å². The summed E-state index contributed by atoms with van der Waals surface area (Å²) in [6, 6.07) is 0. The van der Waals surface area contributed by atoms with E-state index in [1.807, 2.05) is 6.92 Å². The summed E-state index contributed by atoms with van der Waals surface area (Å²) >= 11 is 0. The normalized spacial score (nSPS) is 40.9. The number of carbonyl (C=O) groups excluding carboxylic acids is 2. The molecule has 6 unspecified atom stereocenters. The number of esters is 2. The first-order valence-electron chi connectivity index (χ1n) is 8.95. The van der Waals surface area contributed by atoms with Crippen LogP contribution in [0.15, 0.2) is 0 Å². The van der Waals surface area contributed by atoms with Crippen LogP contribution in [0.3, 0.4) is 0 Å². The molecule has 1 aliphatic carbocycles. The molecule has 7 nitrogen and oxygen atoms in total. The highest BCUT2D eigenvalue weighted by atomic mass is 16.9. The van der Waals surface area contributed by atoms with Crippen molar-refractivity contribution in [2.75, 3.05) is 0 Å². The Hall–Kier alpha value is -1.18. The molecule has 1 saturated carbocycles. The fourth-order valence-corrected chi connectivity index (χ4v) is 3.92. The van der Waals surface area contributed by atoms with Crippen molar-refractivity contribution in [3.05, 3.63) is 0 Å². The fourth-order valence-electron chi connectivity index (χ4n) is 3.92. The molecular formula is C17H24O7. The highest BCUT2D eigenvalue weighted by molar-refractivity contribution is 5.82. The van der Waals surface area contributed by atoms with Gasteiger partial charge in [0.25, 0.3) is 0 Å². The minimum Gasteiger partial charge on any atom is -0.454 e. The summed E-state index contributed by atoms with van der Waals surface area (Å²) in [4.78, 5) is 24.1. The molecule has 134 valence electrons. The Balaban J connectivity index is 1.44. The first kappa shape index (κ1) is 16.3. The van der Waals surface area contributed by atoms with Gasteiger partial charge in [0.15, 0.2) is 24.3 Å². The van der Waals surface area contributed by atoms with Crippen molar-refractivity contribution >= 4 is 11.9 Å². The maximum absolute atomic E-state index is 12.1. The van der Waals surface area contributed by atoms with E-state index in [0.29, 0.717) is 6.42 Å². The molecule has 24 heavy (non-hydrogen) atoms. The molecule has 7 heteroatoms. The Morgan fingerprint density at radius 3 is 2.67 bits per heavy atom. The number of hydrogen-bond acceptors (Lipinski definition) is 7. The molecule has 6 atom stereocenters. The Kier molecular flexibility index (Phi) is 4.05. The van der Waals surface area contributed by atoms with Crippen molar-refractivity contribution in [2.24, 2.45) is 5.92 Å². The van der Waals surface area contributed by atoms with E-state index in [9.17, 15) is 9.59 Å². The van der Waals surface area contributed by atoms with Crippen LogP contribution in [0.5, 0.6) is 0 Å². The Bertz CT molecular complexity index is 527. The maximum atomic E-state index is 12.1. The van der Waals surface area contributed by atoms with Crippen molar-refractivity contribution in [3.8, 4) is 0 Å². The van der Waals surface area contributed by atoms with Crippen LogP contribution in [0.25, 0.3) is 0 Å². The molecule has 4 fully saturated rings. The number of hydrogen-bond donors (Lipinski definition) is 0.